The minimum atomic E-state index is 0.658. The molecule has 1 N–H and O–H groups in total. The van der Waals surface area contributed by atoms with Gasteiger partial charge in [-0.25, -0.2) is 9.97 Å². The van der Waals surface area contributed by atoms with Crippen molar-refractivity contribution in [2.75, 3.05) is 5.32 Å². The highest BCUT2D eigenvalue weighted by Crippen LogP contribution is 2.26. The molecule has 0 aliphatic carbocycles. The molecule has 0 amide bonds. The Balaban J connectivity index is 1.57. The quantitative estimate of drug-likeness (QED) is 0.405. The van der Waals surface area contributed by atoms with Crippen molar-refractivity contribution in [1.29, 1.82) is 0 Å². The van der Waals surface area contributed by atoms with Gasteiger partial charge in [0.2, 0.25) is 0 Å². The van der Waals surface area contributed by atoms with Crippen molar-refractivity contribution in [3.63, 3.8) is 0 Å². The fraction of sp³-hybridized carbons (Fsp3) is 0.158. The first-order valence-corrected chi connectivity index (χ1v) is 10.3. The van der Waals surface area contributed by atoms with E-state index in [4.69, 9.17) is 21.6 Å². The number of nitrogens with zero attached hydrogens (tertiary/aromatic N) is 3. The van der Waals surface area contributed by atoms with Crippen LogP contribution in [0, 0.1) is 0 Å². The molecular formula is C19H16BrClN4S. The van der Waals surface area contributed by atoms with Crippen LogP contribution in [0.25, 0.3) is 16.9 Å². The lowest BCUT2D eigenvalue weighted by Crippen LogP contribution is -2.04. The summed E-state index contributed by atoms with van der Waals surface area (Å²) in [6.07, 6.45) is 2.90. The molecule has 0 bridgehead atoms. The SMILES string of the molecule is CCc1nc2ccc(Br)cn2c1NCc1nc(-c2ccc(Cl)cc2)cs1. The Morgan fingerprint density at radius 3 is 2.73 bits per heavy atom. The number of halogens is 2. The first-order valence-electron chi connectivity index (χ1n) is 8.24. The van der Waals surface area contributed by atoms with Crippen molar-refractivity contribution in [1.82, 2.24) is 14.4 Å². The normalized spacial score (nSPS) is 11.2. The monoisotopic (exact) mass is 446 g/mol. The number of aromatic nitrogens is 3. The summed E-state index contributed by atoms with van der Waals surface area (Å²) in [6.45, 7) is 2.77. The zero-order valence-electron chi connectivity index (χ0n) is 14.0. The average molecular weight is 448 g/mol. The van der Waals surface area contributed by atoms with Crippen molar-refractivity contribution in [3.05, 3.63) is 68.2 Å². The molecule has 3 aromatic heterocycles. The number of hydrogen-bond donors (Lipinski definition) is 1. The van der Waals surface area contributed by atoms with Gasteiger partial charge in [0.1, 0.15) is 16.5 Å². The van der Waals surface area contributed by atoms with E-state index in [1.54, 1.807) is 11.3 Å². The number of rotatable bonds is 5. The molecule has 0 radical (unpaired) electrons. The largest absolute Gasteiger partial charge is 0.363 e. The number of hydrogen-bond acceptors (Lipinski definition) is 4. The van der Waals surface area contributed by atoms with Crippen LogP contribution >= 0.6 is 38.9 Å². The Bertz CT molecular complexity index is 1060. The van der Waals surface area contributed by atoms with E-state index in [-0.39, 0.29) is 0 Å². The summed E-state index contributed by atoms with van der Waals surface area (Å²) in [6, 6.07) is 11.8. The molecule has 132 valence electrons. The second kappa shape index (κ2) is 7.39. The van der Waals surface area contributed by atoms with Crippen LogP contribution in [0.1, 0.15) is 17.6 Å². The maximum Gasteiger partial charge on any atom is 0.138 e. The number of aryl methyl sites for hydroxylation is 1. The number of fused-ring (bicyclic) bond motifs is 1. The van der Waals surface area contributed by atoms with Crippen molar-refractivity contribution >= 4 is 50.3 Å². The minimum absolute atomic E-state index is 0.658. The summed E-state index contributed by atoms with van der Waals surface area (Å²) < 4.78 is 3.10. The lowest BCUT2D eigenvalue weighted by Gasteiger charge is -2.06. The van der Waals surface area contributed by atoms with Crippen molar-refractivity contribution in [2.24, 2.45) is 0 Å². The second-order valence-corrected chi connectivity index (χ2v) is 8.12. The summed E-state index contributed by atoms with van der Waals surface area (Å²) in [5.74, 6) is 1.02. The third-order valence-corrected chi connectivity index (χ3v) is 5.66. The first-order chi connectivity index (χ1) is 12.6. The van der Waals surface area contributed by atoms with E-state index < -0.39 is 0 Å². The topological polar surface area (TPSA) is 42.2 Å². The molecule has 0 saturated heterocycles. The Hall–Kier alpha value is -1.89. The summed E-state index contributed by atoms with van der Waals surface area (Å²) in [7, 11) is 0. The molecule has 0 spiro atoms. The molecule has 4 nitrogen and oxygen atoms in total. The third-order valence-electron chi connectivity index (χ3n) is 4.09. The Morgan fingerprint density at radius 1 is 1.15 bits per heavy atom. The minimum Gasteiger partial charge on any atom is -0.363 e. The molecule has 0 aliphatic heterocycles. The standard InChI is InChI=1S/C19H16BrClN4S/c1-2-15-19(25-10-13(20)5-8-17(25)23-15)22-9-18-24-16(11-26-18)12-3-6-14(21)7-4-12/h3-8,10-11,22H,2,9H2,1H3. The molecule has 1 aromatic carbocycles. The highest BCUT2D eigenvalue weighted by Gasteiger charge is 2.12. The predicted octanol–water partition coefficient (Wildman–Crippen LogP) is 6.05. The van der Waals surface area contributed by atoms with Gasteiger partial charge in [-0.1, -0.05) is 30.7 Å². The van der Waals surface area contributed by atoms with E-state index in [0.717, 1.165) is 49.3 Å². The van der Waals surface area contributed by atoms with Gasteiger partial charge < -0.3 is 5.32 Å². The fourth-order valence-corrected chi connectivity index (χ4v) is 4.01. The smallest absolute Gasteiger partial charge is 0.138 e. The van der Waals surface area contributed by atoms with E-state index in [1.807, 2.05) is 42.6 Å². The Morgan fingerprint density at radius 2 is 1.96 bits per heavy atom. The van der Waals surface area contributed by atoms with Crippen LogP contribution in [0.4, 0.5) is 5.82 Å². The van der Waals surface area contributed by atoms with E-state index in [9.17, 15) is 0 Å². The Kier molecular flexibility index (Phi) is 4.98. The number of thiazole rings is 1. The van der Waals surface area contributed by atoms with Gasteiger partial charge >= 0.3 is 0 Å². The predicted molar refractivity (Wildman–Crippen MR) is 112 cm³/mol. The van der Waals surface area contributed by atoms with E-state index >= 15 is 0 Å². The van der Waals surface area contributed by atoms with Gasteiger partial charge in [0.25, 0.3) is 0 Å². The third kappa shape index (κ3) is 3.49. The number of nitrogens with one attached hydrogen (secondary N) is 1. The molecular weight excluding hydrogens is 432 g/mol. The summed E-state index contributed by atoms with van der Waals surface area (Å²) in [5, 5.41) is 7.35. The molecule has 0 unspecified atom stereocenters. The fourth-order valence-electron chi connectivity index (χ4n) is 2.81. The molecule has 4 aromatic rings. The lowest BCUT2D eigenvalue weighted by atomic mass is 10.2. The lowest BCUT2D eigenvalue weighted by molar-refractivity contribution is 1.02. The van der Waals surface area contributed by atoms with Gasteiger partial charge in [0.05, 0.1) is 17.9 Å². The van der Waals surface area contributed by atoms with Crippen molar-refractivity contribution in [3.8, 4) is 11.3 Å². The zero-order valence-corrected chi connectivity index (χ0v) is 17.2. The zero-order chi connectivity index (χ0) is 18.1. The average Bonchev–Trinajstić information content (AvgIpc) is 3.24. The number of pyridine rings is 1. The van der Waals surface area contributed by atoms with Gasteiger partial charge in [-0.3, -0.25) is 4.40 Å². The molecule has 4 rings (SSSR count). The van der Waals surface area contributed by atoms with Crippen LogP contribution in [-0.4, -0.2) is 14.4 Å². The maximum absolute atomic E-state index is 5.96. The highest BCUT2D eigenvalue weighted by atomic mass is 79.9. The van der Waals surface area contributed by atoms with Crippen LogP contribution in [0.15, 0.2) is 52.4 Å². The molecule has 0 fully saturated rings. The maximum atomic E-state index is 5.96. The van der Waals surface area contributed by atoms with E-state index in [0.29, 0.717) is 6.54 Å². The molecule has 0 aliphatic rings. The van der Waals surface area contributed by atoms with Gasteiger partial charge in [-0.2, -0.15) is 0 Å². The molecule has 0 saturated carbocycles. The second-order valence-electron chi connectivity index (χ2n) is 5.82. The van der Waals surface area contributed by atoms with Crippen molar-refractivity contribution in [2.45, 2.75) is 19.9 Å². The van der Waals surface area contributed by atoms with E-state index in [1.165, 1.54) is 0 Å². The number of benzene rings is 1. The van der Waals surface area contributed by atoms with Crippen molar-refractivity contribution < 1.29 is 0 Å². The van der Waals surface area contributed by atoms with Crippen LogP contribution < -0.4 is 5.32 Å². The van der Waals surface area contributed by atoms with Gasteiger partial charge in [-0.15, -0.1) is 11.3 Å². The van der Waals surface area contributed by atoms with Gasteiger partial charge in [0.15, 0.2) is 0 Å². The van der Waals surface area contributed by atoms with Crippen LogP contribution in [0.5, 0.6) is 0 Å². The summed E-state index contributed by atoms with van der Waals surface area (Å²) >= 11 is 11.1. The summed E-state index contributed by atoms with van der Waals surface area (Å²) in [4.78, 5) is 9.43. The molecule has 3 heterocycles. The number of imidazole rings is 1. The first kappa shape index (κ1) is 17.5. The number of anilines is 1. The molecule has 7 heteroatoms. The highest BCUT2D eigenvalue weighted by molar-refractivity contribution is 9.10. The van der Waals surface area contributed by atoms with Gasteiger partial charge in [0, 0.05) is 26.6 Å². The molecule has 26 heavy (non-hydrogen) atoms. The van der Waals surface area contributed by atoms with Gasteiger partial charge in [-0.05, 0) is 46.6 Å². The molecule has 0 atom stereocenters. The Labute approximate surface area is 169 Å². The van der Waals surface area contributed by atoms with Crippen LogP contribution in [-0.2, 0) is 13.0 Å². The van der Waals surface area contributed by atoms with Crippen LogP contribution in [0.2, 0.25) is 5.02 Å². The summed E-state index contributed by atoms with van der Waals surface area (Å²) in [5.41, 5.74) is 4.04. The van der Waals surface area contributed by atoms with Crippen LogP contribution in [0.3, 0.4) is 0 Å². The van der Waals surface area contributed by atoms with E-state index in [2.05, 4.69) is 38.0 Å².